The van der Waals surface area contributed by atoms with Crippen molar-refractivity contribution in [2.75, 3.05) is 37.0 Å². The van der Waals surface area contributed by atoms with Crippen LogP contribution in [0.2, 0.25) is 0 Å². The SMILES string of the molecule is COc1ccc(-n2c(C)c3c(NCC4CCCO4)nnc(N)c3c2N)cc1. The smallest absolute Gasteiger partial charge is 0.158 e. The van der Waals surface area contributed by atoms with Gasteiger partial charge in [-0.15, -0.1) is 10.2 Å². The van der Waals surface area contributed by atoms with Gasteiger partial charge in [0.25, 0.3) is 0 Å². The van der Waals surface area contributed by atoms with Crippen molar-refractivity contribution < 1.29 is 9.47 Å². The van der Waals surface area contributed by atoms with Crippen LogP contribution >= 0.6 is 0 Å². The van der Waals surface area contributed by atoms with Crippen LogP contribution in [0.3, 0.4) is 0 Å². The van der Waals surface area contributed by atoms with Crippen LogP contribution in [-0.2, 0) is 4.74 Å². The molecular weight excluding hydrogens is 344 g/mol. The van der Waals surface area contributed by atoms with Gasteiger partial charge in [-0.1, -0.05) is 0 Å². The fourth-order valence-electron chi connectivity index (χ4n) is 3.67. The van der Waals surface area contributed by atoms with Crippen molar-refractivity contribution in [1.29, 1.82) is 0 Å². The zero-order valence-corrected chi connectivity index (χ0v) is 15.5. The number of methoxy groups -OCH3 is 1. The normalized spacial score (nSPS) is 16.7. The van der Waals surface area contributed by atoms with Gasteiger partial charge in [-0.2, -0.15) is 0 Å². The summed E-state index contributed by atoms with van der Waals surface area (Å²) in [5.41, 5.74) is 14.4. The molecule has 0 saturated carbocycles. The minimum Gasteiger partial charge on any atom is -0.497 e. The highest BCUT2D eigenvalue weighted by Crippen LogP contribution is 2.37. The molecule has 1 aliphatic rings. The molecular formula is C19H24N6O2. The number of rotatable bonds is 5. The van der Waals surface area contributed by atoms with Crippen molar-refractivity contribution in [3.05, 3.63) is 30.0 Å². The molecule has 1 aliphatic heterocycles. The van der Waals surface area contributed by atoms with E-state index in [4.69, 9.17) is 20.9 Å². The van der Waals surface area contributed by atoms with Crippen LogP contribution in [0.25, 0.3) is 16.5 Å². The summed E-state index contributed by atoms with van der Waals surface area (Å²) in [4.78, 5) is 0. The molecule has 8 nitrogen and oxygen atoms in total. The molecule has 4 rings (SSSR count). The number of aromatic nitrogens is 3. The summed E-state index contributed by atoms with van der Waals surface area (Å²) in [7, 11) is 1.64. The molecule has 1 unspecified atom stereocenters. The molecule has 1 aromatic carbocycles. The Hall–Kier alpha value is -3.00. The highest BCUT2D eigenvalue weighted by Gasteiger charge is 2.22. The van der Waals surface area contributed by atoms with Crippen molar-refractivity contribution in [2.45, 2.75) is 25.9 Å². The Balaban J connectivity index is 1.78. The Morgan fingerprint density at radius 2 is 2.00 bits per heavy atom. The predicted octanol–water partition coefficient (Wildman–Crippen LogP) is 2.49. The van der Waals surface area contributed by atoms with Gasteiger partial charge in [0, 0.05) is 24.5 Å². The Bertz CT molecular complexity index is 961. The number of anilines is 3. The number of nitrogen functional groups attached to an aromatic ring is 2. The van der Waals surface area contributed by atoms with Crippen molar-refractivity contribution in [3.8, 4) is 11.4 Å². The predicted molar refractivity (Wildman–Crippen MR) is 106 cm³/mol. The summed E-state index contributed by atoms with van der Waals surface area (Å²) in [5, 5.41) is 13.3. The van der Waals surface area contributed by atoms with E-state index in [9.17, 15) is 0 Å². The number of hydrogen-bond acceptors (Lipinski definition) is 7. The van der Waals surface area contributed by atoms with Crippen LogP contribution in [0.5, 0.6) is 5.75 Å². The highest BCUT2D eigenvalue weighted by atomic mass is 16.5. The van der Waals surface area contributed by atoms with Gasteiger partial charge in [-0.05, 0) is 44.0 Å². The first-order chi connectivity index (χ1) is 13.1. The lowest BCUT2D eigenvalue weighted by molar-refractivity contribution is 0.120. The van der Waals surface area contributed by atoms with Crippen LogP contribution in [-0.4, -0.2) is 41.1 Å². The Morgan fingerprint density at radius 1 is 1.22 bits per heavy atom. The van der Waals surface area contributed by atoms with Gasteiger partial charge in [-0.25, -0.2) is 0 Å². The number of nitrogens with two attached hydrogens (primary N) is 2. The lowest BCUT2D eigenvalue weighted by Gasteiger charge is -2.12. The standard InChI is InChI=1S/C19H24N6O2/c1-11-15-16(18(21)25(11)12-5-7-13(26-2)8-6-12)17(20)23-24-19(15)22-10-14-4-3-9-27-14/h5-8,14H,3-4,9-10,21H2,1-2H3,(H2,20,23)(H,22,24). The second-order valence-electron chi connectivity index (χ2n) is 6.70. The van der Waals surface area contributed by atoms with Gasteiger partial charge < -0.3 is 26.3 Å². The molecule has 8 heteroatoms. The zero-order chi connectivity index (χ0) is 19.0. The second kappa shape index (κ2) is 6.96. The van der Waals surface area contributed by atoms with Gasteiger partial charge in [0.2, 0.25) is 0 Å². The molecule has 2 aromatic heterocycles. The topological polar surface area (TPSA) is 113 Å². The summed E-state index contributed by atoms with van der Waals surface area (Å²) in [6.45, 7) is 3.50. The van der Waals surface area contributed by atoms with Crippen LogP contribution in [0, 0.1) is 6.92 Å². The molecule has 1 fully saturated rings. The van der Waals surface area contributed by atoms with E-state index in [0.29, 0.717) is 29.4 Å². The van der Waals surface area contributed by atoms with Gasteiger partial charge in [-0.3, -0.25) is 4.57 Å². The zero-order valence-electron chi connectivity index (χ0n) is 15.5. The van der Waals surface area contributed by atoms with Crippen LogP contribution in [0.15, 0.2) is 24.3 Å². The van der Waals surface area contributed by atoms with E-state index in [1.807, 2.05) is 35.8 Å². The molecule has 0 amide bonds. The van der Waals surface area contributed by atoms with Gasteiger partial charge in [0.15, 0.2) is 11.6 Å². The van der Waals surface area contributed by atoms with Crippen molar-refractivity contribution >= 4 is 28.2 Å². The number of fused-ring (bicyclic) bond motifs is 1. The molecule has 1 atom stereocenters. The molecule has 3 heterocycles. The first-order valence-corrected chi connectivity index (χ1v) is 9.02. The maximum Gasteiger partial charge on any atom is 0.158 e. The Morgan fingerprint density at radius 3 is 2.67 bits per heavy atom. The summed E-state index contributed by atoms with van der Waals surface area (Å²) >= 11 is 0. The number of benzene rings is 1. The van der Waals surface area contributed by atoms with E-state index in [2.05, 4.69) is 15.5 Å². The van der Waals surface area contributed by atoms with E-state index in [0.717, 1.165) is 42.0 Å². The molecule has 5 N–H and O–H groups in total. The van der Waals surface area contributed by atoms with Crippen LogP contribution in [0.1, 0.15) is 18.5 Å². The molecule has 27 heavy (non-hydrogen) atoms. The van der Waals surface area contributed by atoms with Gasteiger partial charge in [0.1, 0.15) is 11.6 Å². The summed E-state index contributed by atoms with van der Waals surface area (Å²) in [5.74, 6) is 2.32. The first-order valence-electron chi connectivity index (χ1n) is 9.02. The largest absolute Gasteiger partial charge is 0.497 e. The average molecular weight is 368 g/mol. The maximum absolute atomic E-state index is 6.46. The molecule has 0 bridgehead atoms. The van der Waals surface area contributed by atoms with E-state index in [1.54, 1.807) is 7.11 Å². The highest BCUT2D eigenvalue weighted by molar-refractivity contribution is 6.07. The minimum atomic E-state index is 0.195. The minimum absolute atomic E-state index is 0.195. The lowest BCUT2D eigenvalue weighted by atomic mass is 10.2. The molecule has 1 saturated heterocycles. The molecule has 0 aliphatic carbocycles. The maximum atomic E-state index is 6.46. The van der Waals surface area contributed by atoms with Crippen LogP contribution in [0.4, 0.5) is 17.5 Å². The Labute approximate surface area is 157 Å². The molecule has 0 spiro atoms. The number of nitrogens with one attached hydrogen (secondary N) is 1. The summed E-state index contributed by atoms with van der Waals surface area (Å²) < 4.78 is 12.9. The van der Waals surface area contributed by atoms with Gasteiger partial charge in [0.05, 0.1) is 24.0 Å². The van der Waals surface area contributed by atoms with Crippen molar-refractivity contribution in [3.63, 3.8) is 0 Å². The quantitative estimate of drug-likeness (QED) is 0.634. The monoisotopic (exact) mass is 368 g/mol. The van der Waals surface area contributed by atoms with E-state index in [1.165, 1.54) is 0 Å². The van der Waals surface area contributed by atoms with Gasteiger partial charge >= 0.3 is 0 Å². The Kier molecular flexibility index (Phi) is 4.49. The molecule has 142 valence electrons. The summed E-state index contributed by atoms with van der Waals surface area (Å²) in [6.07, 6.45) is 2.34. The molecule has 3 aromatic rings. The average Bonchev–Trinajstić information content (AvgIpc) is 3.29. The third-order valence-corrected chi connectivity index (χ3v) is 5.05. The third-order valence-electron chi connectivity index (χ3n) is 5.05. The lowest BCUT2D eigenvalue weighted by Crippen LogP contribution is -2.19. The van der Waals surface area contributed by atoms with Crippen LogP contribution < -0.4 is 21.5 Å². The second-order valence-corrected chi connectivity index (χ2v) is 6.70. The number of aryl methyl sites for hydroxylation is 1. The van der Waals surface area contributed by atoms with E-state index >= 15 is 0 Å². The summed E-state index contributed by atoms with van der Waals surface area (Å²) in [6, 6.07) is 7.71. The van der Waals surface area contributed by atoms with E-state index < -0.39 is 0 Å². The van der Waals surface area contributed by atoms with Crippen molar-refractivity contribution in [2.24, 2.45) is 0 Å². The van der Waals surface area contributed by atoms with E-state index in [-0.39, 0.29) is 6.10 Å². The number of ether oxygens (including phenoxy) is 2. The fraction of sp³-hybridized carbons (Fsp3) is 0.368. The number of hydrogen-bond donors (Lipinski definition) is 3. The fourth-order valence-corrected chi connectivity index (χ4v) is 3.67. The molecule has 0 radical (unpaired) electrons. The van der Waals surface area contributed by atoms with Crippen molar-refractivity contribution in [1.82, 2.24) is 14.8 Å². The third kappa shape index (κ3) is 3.02. The first kappa shape index (κ1) is 17.4. The number of nitrogens with zero attached hydrogens (tertiary/aromatic N) is 3.